The van der Waals surface area contributed by atoms with E-state index in [1.165, 1.54) is 18.5 Å². The van der Waals surface area contributed by atoms with Crippen molar-refractivity contribution >= 4 is 39.9 Å². The van der Waals surface area contributed by atoms with Crippen LogP contribution in [0.3, 0.4) is 0 Å². The number of nitrogens with zero attached hydrogens (tertiary/aromatic N) is 4. The maximum absolute atomic E-state index is 11.8. The predicted molar refractivity (Wildman–Crippen MR) is 172 cm³/mol. The molecule has 2 aromatic heterocycles. The Bertz CT molecular complexity index is 1760. The molecule has 0 bridgehead atoms. The molecule has 1 saturated heterocycles. The molecule has 12 heteroatoms. The number of aliphatic hydroxyl groups is 1. The van der Waals surface area contributed by atoms with E-state index < -0.39 is 5.60 Å². The van der Waals surface area contributed by atoms with Crippen molar-refractivity contribution in [3.8, 4) is 17.2 Å². The number of nitrogens with one attached hydrogen (secondary N) is 3. The molecule has 0 saturated carbocycles. The summed E-state index contributed by atoms with van der Waals surface area (Å²) in [5.41, 5.74) is 2.16. The van der Waals surface area contributed by atoms with Crippen molar-refractivity contribution < 1.29 is 24.1 Å². The van der Waals surface area contributed by atoms with Crippen LogP contribution in [0.1, 0.15) is 25.1 Å². The zero-order valence-electron chi connectivity index (χ0n) is 25.5. The Labute approximate surface area is 260 Å². The molecule has 0 spiro atoms. The third-order valence-electron chi connectivity index (χ3n) is 7.08. The van der Waals surface area contributed by atoms with Crippen LogP contribution in [0.2, 0.25) is 0 Å². The van der Waals surface area contributed by atoms with Gasteiger partial charge in [0.25, 0.3) is 0 Å². The fourth-order valence-electron chi connectivity index (χ4n) is 4.67. The van der Waals surface area contributed by atoms with Crippen molar-refractivity contribution in [2.45, 2.75) is 32.5 Å². The molecule has 1 fully saturated rings. The first kappa shape index (κ1) is 31.0. The summed E-state index contributed by atoms with van der Waals surface area (Å²) in [4.78, 5) is 26.6. The maximum atomic E-state index is 11.8. The summed E-state index contributed by atoms with van der Waals surface area (Å²) in [5, 5.41) is 26.3. The quantitative estimate of drug-likeness (QED) is 0.103. The Morgan fingerprint density at radius 3 is 2.62 bits per heavy atom. The maximum Gasteiger partial charge on any atom is 0.246 e. The number of likely N-dealkylation sites (tertiary alicyclic amines) is 1. The lowest BCUT2D eigenvalue weighted by molar-refractivity contribution is -0.134. The Balaban J connectivity index is 1.35. The zero-order chi connectivity index (χ0) is 32.1. The Morgan fingerprint density at radius 2 is 1.93 bits per heavy atom. The summed E-state index contributed by atoms with van der Waals surface area (Å²) in [6, 6.07) is 12.5. The smallest absolute Gasteiger partial charge is 0.246 e. The number of anilines is 3. The molecule has 0 atom stereocenters. The summed E-state index contributed by atoms with van der Waals surface area (Å²) in [6.07, 6.45) is 7.30. The van der Waals surface area contributed by atoms with Gasteiger partial charge in [0.05, 0.1) is 43.2 Å². The Morgan fingerprint density at radius 1 is 1.13 bits per heavy atom. The number of pyridine rings is 1. The highest BCUT2D eigenvalue weighted by Crippen LogP contribution is 2.38. The summed E-state index contributed by atoms with van der Waals surface area (Å²) in [6.45, 7) is 9.65. The van der Waals surface area contributed by atoms with Crippen LogP contribution in [0.5, 0.6) is 17.2 Å². The normalized spacial score (nSPS) is 13.3. The van der Waals surface area contributed by atoms with Gasteiger partial charge in [0.15, 0.2) is 11.5 Å². The Kier molecular flexibility index (Phi) is 8.96. The van der Waals surface area contributed by atoms with E-state index >= 15 is 0 Å². The molecule has 1 aliphatic heterocycles. The van der Waals surface area contributed by atoms with Gasteiger partial charge in [-0.25, -0.2) is 9.97 Å². The average Bonchev–Trinajstić information content (AvgIpc) is 2.99. The van der Waals surface area contributed by atoms with Gasteiger partial charge in [-0.1, -0.05) is 6.58 Å². The van der Waals surface area contributed by atoms with Crippen LogP contribution in [0.4, 0.5) is 17.2 Å². The molecule has 12 nitrogen and oxygen atoms in total. The van der Waals surface area contributed by atoms with E-state index in [0.717, 1.165) is 11.4 Å². The number of amides is 1. The first-order valence-electron chi connectivity index (χ1n) is 14.2. The summed E-state index contributed by atoms with van der Waals surface area (Å²) < 4.78 is 17.5. The fourth-order valence-corrected chi connectivity index (χ4v) is 4.67. The molecule has 232 valence electrons. The zero-order valence-corrected chi connectivity index (χ0v) is 25.5. The average molecular weight is 610 g/mol. The number of carbonyl (C=O) groups is 1. The molecular weight excluding hydrogens is 574 g/mol. The van der Waals surface area contributed by atoms with Gasteiger partial charge in [-0.2, -0.15) is 0 Å². The molecule has 1 aliphatic rings. The highest BCUT2D eigenvalue weighted by Gasteiger charge is 2.32. The van der Waals surface area contributed by atoms with Crippen LogP contribution >= 0.6 is 0 Å². The number of carbonyl (C=O) groups excluding carboxylic acids is 1. The summed E-state index contributed by atoms with van der Waals surface area (Å²) >= 11 is 0. The second-order valence-electron chi connectivity index (χ2n) is 11.0. The van der Waals surface area contributed by atoms with Crippen molar-refractivity contribution in [3.05, 3.63) is 91.2 Å². The van der Waals surface area contributed by atoms with Crippen LogP contribution < -0.4 is 24.8 Å². The molecular formula is C33H35N7O5. The molecule has 0 radical (unpaired) electrons. The number of methoxy groups -OCH3 is 1. The number of aromatic nitrogens is 3. The van der Waals surface area contributed by atoms with Gasteiger partial charge >= 0.3 is 0 Å². The van der Waals surface area contributed by atoms with Crippen molar-refractivity contribution in [3.63, 3.8) is 0 Å². The second-order valence-corrected chi connectivity index (χ2v) is 11.0. The van der Waals surface area contributed by atoms with Gasteiger partial charge in [0.2, 0.25) is 11.8 Å². The summed E-state index contributed by atoms with van der Waals surface area (Å²) in [5.74, 6) is 1.61. The van der Waals surface area contributed by atoms with Gasteiger partial charge in [-0.3, -0.25) is 15.2 Å². The van der Waals surface area contributed by atoms with Crippen molar-refractivity contribution in [1.82, 2.24) is 19.9 Å². The molecule has 2 aromatic carbocycles. The lowest BCUT2D eigenvalue weighted by Gasteiger charge is -2.38. The minimum atomic E-state index is -1.26. The lowest BCUT2D eigenvalue weighted by atomic mass is 9.96. The lowest BCUT2D eigenvalue weighted by Crippen LogP contribution is -2.55. The monoisotopic (exact) mass is 609 g/mol. The number of benzene rings is 2. The highest BCUT2D eigenvalue weighted by atomic mass is 16.5. The van der Waals surface area contributed by atoms with Crippen LogP contribution in [-0.4, -0.2) is 63.1 Å². The van der Waals surface area contributed by atoms with Crippen molar-refractivity contribution in [1.29, 1.82) is 5.41 Å². The van der Waals surface area contributed by atoms with Crippen molar-refractivity contribution in [2.75, 3.05) is 30.8 Å². The van der Waals surface area contributed by atoms with Crippen LogP contribution in [0.15, 0.2) is 79.9 Å². The number of hydrogen-bond acceptors (Lipinski definition) is 11. The van der Waals surface area contributed by atoms with Gasteiger partial charge < -0.3 is 34.9 Å². The third-order valence-corrected chi connectivity index (χ3v) is 7.08. The molecule has 3 heterocycles. The molecule has 4 N–H and O–H groups in total. The van der Waals surface area contributed by atoms with E-state index in [0.29, 0.717) is 58.3 Å². The predicted octanol–water partition coefficient (Wildman–Crippen LogP) is 5.07. The summed E-state index contributed by atoms with van der Waals surface area (Å²) in [7, 11) is 1.55. The fraction of sp³-hybridized carbons (Fsp3) is 0.242. The standard InChI is InChI=1S/C33H35N7O5/c1-6-31(41)40-17-23(18-40)44-29-14-24-27(15-28(29)43-5)37-19-38-32(24)39-26-10-9-22(13-25(26)33(3,4)42)45-30(34)11-12-35-21-8-7-20(2)36-16-21/h6-16,19,23,34-35,42H,1,17-18H2,2-5H3,(H,37,38,39)/b12-11-,34-30?. The van der Waals surface area contributed by atoms with Gasteiger partial charge in [-0.15, -0.1) is 0 Å². The molecule has 5 rings (SSSR count). The van der Waals surface area contributed by atoms with E-state index in [2.05, 4.69) is 32.2 Å². The van der Waals surface area contributed by atoms with Crippen LogP contribution in [-0.2, 0) is 10.4 Å². The van der Waals surface area contributed by atoms with E-state index in [1.807, 2.05) is 19.1 Å². The topological polar surface area (TPSA) is 155 Å². The highest BCUT2D eigenvalue weighted by molar-refractivity contribution is 5.93. The number of rotatable bonds is 11. The minimum absolute atomic E-state index is 0.100. The largest absolute Gasteiger partial charge is 0.493 e. The van der Waals surface area contributed by atoms with Crippen molar-refractivity contribution in [2.24, 2.45) is 0 Å². The van der Waals surface area contributed by atoms with Gasteiger partial charge in [-0.05, 0) is 63.2 Å². The molecule has 1 amide bonds. The molecule has 4 aromatic rings. The van der Waals surface area contributed by atoms with Gasteiger partial charge in [0.1, 0.15) is 24.0 Å². The second kappa shape index (κ2) is 13.0. The first-order valence-corrected chi connectivity index (χ1v) is 14.2. The van der Waals surface area contributed by atoms with Crippen LogP contribution in [0.25, 0.3) is 10.9 Å². The third kappa shape index (κ3) is 7.36. The van der Waals surface area contributed by atoms with E-state index in [1.54, 1.807) is 68.6 Å². The molecule has 0 unspecified atom stereocenters. The SMILES string of the molecule is C=CC(=O)N1CC(Oc2cc3c(Nc4ccc(OC(=N)/C=C\Nc5ccc(C)nc5)cc4C(C)(C)O)ncnc3cc2OC)C1. The van der Waals surface area contributed by atoms with Gasteiger partial charge in [0, 0.05) is 40.7 Å². The minimum Gasteiger partial charge on any atom is -0.493 e. The number of hydrogen-bond donors (Lipinski definition) is 4. The molecule has 45 heavy (non-hydrogen) atoms. The van der Waals surface area contributed by atoms with Crippen LogP contribution in [0, 0.1) is 12.3 Å². The number of ether oxygens (including phenoxy) is 3. The number of fused-ring (bicyclic) bond motifs is 1. The van der Waals surface area contributed by atoms with E-state index in [4.69, 9.17) is 19.6 Å². The molecule has 0 aliphatic carbocycles. The van der Waals surface area contributed by atoms with E-state index in [-0.39, 0.29) is 17.9 Å². The number of aryl methyl sites for hydroxylation is 1. The van der Waals surface area contributed by atoms with E-state index in [9.17, 15) is 9.90 Å². The first-order chi connectivity index (χ1) is 21.5. The Hall–Kier alpha value is -5.49.